The van der Waals surface area contributed by atoms with Crippen LogP contribution in [0.2, 0.25) is 0 Å². The number of nitrogens with one attached hydrogen (secondary N) is 1. The number of rotatable bonds is 3. The van der Waals surface area contributed by atoms with Gasteiger partial charge in [-0.1, -0.05) is 0 Å². The summed E-state index contributed by atoms with van der Waals surface area (Å²) in [6.07, 6.45) is 0. The van der Waals surface area contributed by atoms with Crippen molar-refractivity contribution in [2.45, 2.75) is 0 Å². The summed E-state index contributed by atoms with van der Waals surface area (Å²) in [6, 6.07) is 5.11. The lowest BCUT2D eigenvalue weighted by molar-refractivity contribution is -0.112. The summed E-state index contributed by atoms with van der Waals surface area (Å²) in [6.45, 7) is 0.555. The van der Waals surface area contributed by atoms with Crippen LogP contribution in [0.15, 0.2) is 18.2 Å². The normalized spacial score (nSPS) is 13.6. The number of amides is 1. The summed E-state index contributed by atoms with van der Waals surface area (Å²) in [5.41, 5.74) is 1.80. The Hall–Kier alpha value is -1.88. The molecule has 1 heterocycles. The van der Waals surface area contributed by atoms with Crippen LogP contribution in [0.25, 0.3) is 0 Å². The van der Waals surface area contributed by atoms with E-state index in [1.165, 1.54) is 0 Å². The second-order valence-electron chi connectivity index (χ2n) is 3.66. The zero-order valence-corrected chi connectivity index (χ0v) is 8.86. The fraction of sp³-hybridized carbons (Fsp3) is 0.273. The van der Waals surface area contributed by atoms with Crippen LogP contribution >= 0.6 is 0 Å². The number of likely N-dealkylation sites (N-methyl/N-ethyl adjacent to an activating group) is 1. The second kappa shape index (κ2) is 3.94. The van der Waals surface area contributed by atoms with Gasteiger partial charge in [0.15, 0.2) is 0 Å². The molecule has 2 rings (SSSR count). The highest BCUT2D eigenvalue weighted by Crippen LogP contribution is 2.27. The molecule has 84 valence electrons. The van der Waals surface area contributed by atoms with Crippen molar-refractivity contribution in [2.24, 2.45) is 0 Å². The molecular weight excluding hydrogens is 208 g/mol. The van der Waals surface area contributed by atoms with E-state index in [9.17, 15) is 9.59 Å². The number of Topliss-reactive ketones (excluding diaryl/α,β-unsaturated/α-hetero) is 1. The topological polar surface area (TPSA) is 69.6 Å². The van der Waals surface area contributed by atoms with Gasteiger partial charge in [-0.15, -0.1) is 0 Å². The maximum Gasteiger partial charge on any atom is 0.296 e. The number of hydrogen-bond donors (Lipinski definition) is 2. The Bertz CT molecular complexity index is 457. The van der Waals surface area contributed by atoms with Crippen molar-refractivity contribution in [2.75, 3.05) is 30.4 Å². The van der Waals surface area contributed by atoms with Crippen molar-refractivity contribution in [1.82, 2.24) is 0 Å². The number of aliphatic hydroxyl groups is 1. The van der Waals surface area contributed by atoms with Gasteiger partial charge in [0.25, 0.3) is 11.7 Å². The third-order valence-corrected chi connectivity index (χ3v) is 2.58. The van der Waals surface area contributed by atoms with Crippen LogP contribution in [0.3, 0.4) is 0 Å². The molecule has 0 aromatic heterocycles. The predicted octanol–water partition coefficient (Wildman–Crippen LogP) is 0.250. The molecule has 0 fully saturated rings. The van der Waals surface area contributed by atoms with Gasteiger partial charge in [0.2, 0.25) is 0 Å². The Morgan fingerprint density at radius 3 is 2.81 bits per heavy atom. The van der Waals surface area contributed by atoms with Crippen molar-refractivity contribution >= 4 is 23.1 Å². The molecular formula is C11H12N2O3. The van der Waals surface area contributed by atoms with Crippen LogP contribution in [-0.4, -0.2) is 37.0 Å². The largest absolute Gasteiger partial charge is 0.395 e. The first-order valence-corrected chi connectivity index (χ1v) is 4.95. The molecule has 2 N–H and O–H groups in total. The lowest BCUT2D eigenvalue weighted by Crippen LogP contribution is -2.21. The summed E-state index contributed by atoms with van der Waals surface area (Å²) in [5, 5.41) is 11.3. The van der Waals surface area contributed by atoms with Crippen LogP contribution in [0.4, 0.5) is 11.4 Å². The van der Waals surface area contributed by atoms with E-state index in [4.69, 9.17) is 5.11 Å². The first kappa shape index (κ1) is 10.6. The fourth-order valence-electron chi connectivity index (χ4n) is 1.65. The van der Waals surface area contributed by atoms with E-state index in [0.717, 1.165) is 5.69 Å². The molecule has 0 spiro atoms. The zero-order chi connectivity index (χ0) is 11.7. The number of aliphatic hydroxyl groups excluding tert-OH is 1. The van der Waals surface area contributed by atoms with Crippen LogP contribution in [0.5, 0.6) is 0 Å². The minimum atomic E-state index is -0.586. The Balaban J connectivity index is 2.32. The molecule has 1 aromatic rings. The highest BCUT2D eigenvalue weighted by atomic mass is 16.3. The van der Waals surface area contributed by atoms with E-state index < -0.39 is 11.7 Å². The molecule has 1 aliphatic heterocycles. The molecule has 1 amide bonds. The lowest BCUT2D eigenvalue weighted by Gasteiger charge is -2.18. The number of ketones is 1. The lowest BCUT2D eigenvalue weighted by atomic mass is 10.1. The first-order valence-electron chi connectivity index (χ1n) is 4.95. The monoisotopic (exact) mass is 220 g/mol. The highest BCUT2D eigenvalue weighted by Gasteiger charge is 2.27. The molecule has 16 heavy (non-hydrogen) atoms. The number of carbonyl (C=O) groups is 2. The quantitative estimate of drug-likeness (QED) is 0.716. The van der Waals surface area contributed by atoms with Crippen LogP contribution in [0, 0.1) is 0 Å². The van der Waals surface area contributed by atoms with Crippen molar-refractivity contribution in [3.05, 3.63) is 23.8 Å². The Morgan fingerprint density at radius 2 is 2.12 bits per heavy atom. The fourth-order valence-corrected chi connectivity index (χ4v) is 1.65. The van der Waals surface area contributed by atoms with Crippen LogP contribution in [0.1, 0.15) is 10.4 Å². The van der Waals surface area contributed by atoms with Gasteiger partial charge in [0.05, 0.1) is 17.9 Å². The van der Waals surface area contributed by atoms with Crippen LogP contribution in [-0.2, 0) is 4.79 Å². The van der Waals surface area contributed by atoms with E-state index in [2.05, 4.69) is 5.32 Å². The highest BCUT2D eigenvalue weighted by molar-refractivity contribution is 6.51. The van der Waals surface area contributed by atoms with E-state index in [1.807, 2.05) is 11.9 Å². The Labute approximate surface area is 92.7 Å². The summed E-state index contributed by atoms with van der Waals surface area (Å²) >= 11 is 0. The van der Waals surface area contributed by atoms with E-state index in [0.29, 0.717) is 17.8 Å². The predicted molar refractivity (Wildman–Crippen MR) is 59.8 cm³/mol. The van der Waals surface area contributed by atoms with Crippen LogP contribution < -0.4 is 10.2 Å². The number of fused-ring (bicyclic) bond motifs is 1. The summed E-state index contributed by atoms with van der Waals surface area (Å²) < 4.78 is 0. The molecule has 0 aliphatic carbocycles. The van der Waals surface area contributed by atoms with E-state index in [-0.39, 0.29) is 6.61 Å². The zero-order valence-electron chi connectivity index (χ0n) is 8.86. The molecule has 0 radical (unpaired) electrons. The smallest absolute Gasteiger partial charge is 0.296 e. The van der Waals surface area contributed by atoms with Gasteiger partial charge in [0.1, 0.15) is 0 Å². The van der Waals surface area contributed by atoms with Gasteiger partial charge in [0, 0.05) is 19.3 Å². The van der Waals surface area contributed by atoms with Crippen molar-refractivity contribution in [1.29, 1.82) is 0 Å². The Kier molecular flexibility index (Phi) is 2.62. The SMILES string of the molecule is CN(CCO)c1ccc2c(c1)NC(=O)C2=O. The number of hydrogen-bond acceptors (Lipinski definition) is 4. The van der Waals surface area contributed by atoms with E-state index >= 15 is 0 Å². The van der Waals surface area contributed by atoms with Gasteiger partial charge in [-0.05, 0) is 18.2 Å². The number of nitrogens with zero attached hydrogens (tertiary/aromatic N) is 1. The molecule has 0 saturated carbocycles. The molecule has 1 aromatic carbocycles. The minimum absolute atomic E-state index is 0.0544. The van der Waals surface area contributed by atoms with Crippen molar-refractivity contribution in [3.63, 3.8) is 0 Å². The average molecular weight is 220 g/mol. The molecule has 1 aliphatic rings. The third-order valence-electron chi connectivity index (χ3n) is 2.58. The molecule has 5 nitrogen and oxygen atoms in total. The summed E-state index contributed by atoms with van der Waals surface area (Å²) in [7, 11) is 1.83. The van der Waals surface area contributed by atoms with Gasteiger partial charge in [-0.2, -0.15) is 0 Å². The van der Waals surface area contributed by atoms with Gasteiger partial charge >= 0.3 is 0 Å². The molecule has 0 bridgehead atoms. The summed E-state index contributed by atoms with van der Waals surface area (Å²) in [4.78, 5) is 24.3. The average Bonchev–Trinajstić information content (AvgIpc) is 2.55. The molecule has 0 unspecified atom stereocenters. The van der Waals surface area contributed by atoms with Crippen molar-refractivity contribution in [3.8, 4) is 0 Å². The first-order chi connectivity index (χ1) is 7.63. The number of benzene rings is 1. The van der Waals surface area contributed by atoms with Gasteiger partial charge < -0.3 is 15.3 Å². The summed E-state index contributed by atoms with van der Waals surface area (Å²) in [5.74, 6) is -1.08. The van der Waals surface area contributed by atoms with Crippen molar-refractivity contribution < 1.29 is 14.7 Å². The maximum atomic E-state index is 11.3. The molecule has 5 heteroatoms. The maximum absolute atomic E-state index is 11.3. The van der Waals surface area contributed by atoms with Gasteiger partial charge in [-0.3, -0.25) is 9.59 Å². The third kappa shape index (κ3) is 1.65. The minimum Gasteiger partial charge on any atom is -0.395 e. The second-order valence-corrected chi connectivity index (χ2v) is 3.66. The standard InChI is InChI=1S/C11H12N2O3/c1-13(4-5-14)7-2-3-8-9(6-7)12-11(16)10(8)15/h2-3,6,14H,4-5H2,1H3,(H,12,15,16). The number of carbonyl (C=O) groups excluding carboxylic acids is 2. The number of anilines is 2. The Morgan fingerprint density at radius 1 is 1.38 bits per heavy atom. The molecule has 0 atom stereocenters. The van der Waals surface area contributed by atoms with Gasteiger partial charge in [-0.25, -0.2) is 0 Å². The van der Waals surface area contributed by atoms with E-state index in [1.54, 1.807) is 18.2 Å². The molecule has 0 saturated heterocycles.